The van der Waals surface area contributed by atoms with Crippen LogP contribution in [0.1, 0.15) is 5.69 Å². The Bertz CT molecular complexity index is 680. The molecule has 20 heavy (non-hydrogen) atoms. The maximum Gasteiger partial charge on any atom is 0.231 e. The summed E-state index contributed by atoms with van der Waals surface area (Å²) in [5.74, 6) is 1.77. The Morgan fingerprint density at radius 2 is 1.85 bits per heavy atom. The molecule has 3 rings (SSSR count). The molecule has 0 saturated heterocycles. The second-order valence-electron chi connectivity index (χ2n) is 4.00. The normalized spacial score (nSPS) is 10.4. The molecule has 0 aliphatic carbocycles. The van der Waals surface area contributed by atoms with Crippen LogP contribution in [-0.4, -0.2) is 36.6 Å². The monoisotopic (exact) mass is 268 g/mol. The molecule has 3 aromatic rings. The van der Waals surface area contributed by atoms with Crippen molar-refractivity contribution in [2.24, 2.45) is 0 Å². The molecular weight excluding hydrogens is 256 g/mol. The molecule has 0 fully saturated rings. The third kappa shape index (κ3) is 2.46. The van der Waals surface area contributed by atoms with Gasteiger partial charge in [-0.2, -0.15) is 0 Å². The summed E-state index contributed by atoms with van der Waals surface area (Å²) in [5.41, 5.74) is 0.806. The molecule has 0 spiro atoms. The number of imidazole rings is 1. The van der Waals surface area contributed by atoms with Gasteiger partial charge in [0.15, 0.2) is 11.6 Å². The van der Waals surface area contributed by atoms with Gasteiger partial charge in [-0.1, -0.05) is 0 Å². The fourth-order valence-corrected chi connectivity index (χ4v) is 1.76. The second-order valence-corrected chi connectivity index (χ2v) is 4.00. The Hall–Kier alpha value is -2.83. The van der Waals surface area contributed by atoms with Crippen molar-refractivity contribution >= 4 is 0 Å². The van der Waals surface area contributed by atoms with Gasteiger partial charge in [-0.25, -0.2) is 19.9 Å². The number of hydrogen-bond donors (Lipinski definition) is 0. The van der Waals surface area contributed by atoms with Gasteiger partial charge in [-0.05, 0) is 6.07 Å². The topological polar surface area (TPSA) is 78.6 Å². The van der Waals surface area contributed by atoms with Crippen molar-refractivity contribution in [3.05, 3.63) is 48.9 Å². The first kappa shape index (κ1) is 12.2. The van der Waals surface area contributed by atoms with Crippen molar-refractivity contribution < 1.29 is 4.74 Å². The van der Waals surface area contributed by atoms with E-state index in [9.17, 15) is 0 Å². The van der Waals surface area contributed by atoms with Crippen LogP contribution in [0.3, 0.4) is 0 Å². The molecule has 3 heterocycles. The van der Waals surface area contributed by atoms with E-state index in [2.05, 4.69) is 24.9 Å². The number of ether oxygens (including phenoxy) is 1. The summed E-state index contributed by atoms with van der Waals surface area (Å²) < 4.78 is 6.91. The van der Waals surface area contributed by atoms with Gasteiger partial charge < -0.3 is 9.30 Å². The van der Waals surface area contributed by atoms with E-state index in [4.69, 9.17) is 4.74 Å². The van der Waals surface area contributed by atoms with E-state index in [1.165, 1.54) is 0 Å². The summed E-state index contributed by atoms with van der Waals surface area (Å²) >= 11 is 0. The Labute approximate surface area is 115 Å². The number of methoxy groups -OCH3 is 1. The SMILES string of the molecule is COc1cnc(Cn2ccnc2-c2ncccn2)cn1. The molecule has 7 heteroatoms. The second kappa shape index (κ2) is 5.43. The minimum absolute atomic E-state index is 0.492. The predicted molar refractivity (Wildman–Crippen MR) is 70.9 cm³/mol. The number of rotatable bonds is 4. The Balaban J connectivity index is 1.86. The first-order valence-electron chi connectivity index (χ1n) is 6.00. The fourth-order valence-electron chi connectivity index (χ4n) is 1.76. The molecule has 0 unspecified atom stereocenters. The standard InChI is InChI=1S/C13H12N6O/c1-20-11-8-17-10(7-18-11)9-19-6-5-16-13(19)12-14-3-2-4-15-12/h2-8H,9H2,1H3. The largest absolute Gasteiger partial charge is 0.480 e. The van der Waals surface area contributed by atoms with E-state index in [1.807, 2.05) is 10.8 Å². The van der Waals surface area contributed by atoms with Gasteiger partial charge in [-0.15, -0.1) is 0 Å². The quantitative estimate of drug-likeness (QED) is 0.707. The van der Waals surface area contributed by atoms with E-state index >= 15 is 0 Å². The van der Waals surface area contributed by atoms with Crippen LogP contribution < -0.4 is 4.74 Å². The maximum atomic E-state index is 4.98. The molecular formula is C13H12N6O. The van der Waals surface area contributed by atoms with Gasteiger partial charge in [0.2, 0.25) is 5.88 Å². The van der Waals surface area contributed by atoms with Crippen molar-refractivity contribution in [1.29, 1.82) is 0 Å². The molecule has 0 saturated carbocycles. The highest BCUT2D eigenvalue weighted by Gasteiger charge is 2.09. The number of hydrogen-bond acceptors (Lipinski definition) is 6. The molecule has 0 aliphatic rings. The average molecular weight is 268 g/mol. The Morgan fingerprint density at radius 3 is 2.55 bits per heavy atom. The van der Waals surface area contributed by atoms with Crippen molar-refractivity contribution in [2.45, 2.75) is 6.54 Å². The molecule has 0 aromatic carbocycles. The van der Waals surface area contributed by atoms with Crippen LogP contribution in [0.4, 0.5) is 0 Å². The molecule has 0 amide bonds. The highest BCUT2D eigenvalue weighted by atomic mass is 16.5. The molecule has 100 valence electrons. The van der Waals surface area contributed by atoms with Crippen LogP contribution in [0.5, 0.6) is 5.88 Å². The Morgan fingerprint density at radius 1 is 1.00 bits per heavy atom. The lowest BCUT2D eigenvalue weighted by Gasteiger charge is -2.06. The smallest absolute Gasteiger partial charge is 0.231 e. The molecule has 0 bridgehead atoms. The molecule has 0 N–H and O–H groups in total. The summed E-state index contributed by atoms with van der Waals surface area (Å²) in [4.78, 5) is 21.1. The van der Waals surface area contributed by atoms with E-state index in [0.717, 1.165) is 5.69 Å². The third-order valence-electron chi connectivity index (χ3n) is 2.70. The van der Waals surface area contributed by atoms with Crippen LogP contribution in [0.2, 0.25) is 0 Å². The van der Waals surface area contributed by atoms with Gasteiger partial charge in [0.05, 0.1) is 31.7 Å². The third-order valence-corrected chi connectivity index (χ3v) is 2.70. The van der Waals surface area contributed by atoms with E-state index in [-0.39, 0.29) is 0 Å². The van der Waals surface area contributed by atoms with Gasteiger partial charge in [0.1, 0.15) is 0 Å². The molecule has 0 aliphatic heterocycles. The summed E-state index contributed by atoms with van der Waals surface area (Å²) in [6.07, 6.45) is 10.2. The van der Waals surface area contributed by atoms with Gasteiger partial charge in [-0.3, -0.25) is 4.98 Å². The highest BCUT2D eigenvalue weighted by Crippen LogP contribution is 2.13. The number of aromatic nitrogens is 6. The fraction of sp³-hybridized carbons (Fsp3) is 0.154. The summed E-state index contributed by atoms with van der Waals surface area (Å²) in [5, 5.41) is 0. The van der Waals surface area contributed by atoms with Crippen LogP contribution in [0.25, 0.3) is 11.6 Å². The summed E-state index contributed by atoms with van der Waals surface area (Å²) in [6, 6.07) is 1.77. The van der Waals surface area contributed by atoms with Crippen molar-refractivity contribution in [1.82, 2.24) is 29.5 Å². The van der Waals surface area contributed by atoms with Gasteiger partial charge >= 0.3 is 0 Å². The van der Waals surface area contributed by atoms with E-state index in [1.54, 1.807) is 44.2 Å². The number of nitrogens with zero attached hydrogens (tertiary/aromatic N) is 6. The molecule has 3 aromatic heterocycles. The maximum absolute atomic E-state index is 4.98. The van der Waals surface area contributed by atoms with Gasteiger partial charge in [0, 0.05) is 24.8 Å². The lowest BCUT2D eigenvalue weighted by atomic mass is 10.4. The summed E-state index contributed by atoms with van der Waals surface area (Å²) in [7, 11) is 1.56. The van der Waals surface area contributed by atoms with Crippen LogP contribution >= 0.6 is 0 Å². The summed E-state index contributed by atoms with van der Waals surface area (Å²) in [6.45, 7) is 0.546. The van der Waals surface area contributed by atoms with Crippen LogP contribution in [0, 0.1) is 0 Å². The zero-order chi connectivity index (χ0) is 13.8. The molecule has 0 radical (unpaired) electrons. The van der Waals surface area contributed by atoms with Crippen LogP contribution in [-0.2, 0) is 6.54 Å². The van der Waals surface area contributed by atoms with Gasteiger partial charge in [0.25, 0.3) is 0 Å². The minimum Gasteiger partial charge on any atom is -0.480 e. The minimum atomic E-state index is 0.492. The zero-order valence-corrected chi connectivity index (χ0v) is 10.8. The molecule has 0 atom stereocenters. The predicted octanol–water partition coefficient (Wildman–Crippen LogP) is 1.19. The van der Waals surface area contributed by atoms with Crippen molar-refractivity contribution in [2.75, 3.05) is 7.11 Å². The lowest BCUT2D eigenvalue weighted by molar-refractivity contribution is 0.395. The zero-order valence-electron chi connectivity index (χ0n) is 10.8. The first-order chi connectivity index (χ1) is 9.86. The van der Waals surface area contributed by atoms with E-state index in [0.29, 0.717) is 24.1 Å². The first-order valence-corrected chi connectivity index (χ1v) is 6.00. The van der Waals surface area contributed by atoms with Crippen LogP contribution in [0.15, 0.2) is 43.2 Å². The van der Waals surface area contributed by atoms with E-state index < -0.39 is 0 Å². The average Bonchev–Trinajstić information content (AvgIpc) is 2.97. The van der Waals surface area contributed by atoms with Crippen molar-refractivity contribution in [3.63, 3.8) is 0 Å². The van der Waals surface area contributed by atoms with Crippen molar-refractivity contribution in [3.8, 4) is 17.5 Å². The highest BCUT2D eigenvalue weighted by molar-refractivity contribution is 5.43. The molecule has 7 nitrogen and oxygen atoms in total. The lowest BCUT2D eigenvalue weighted by Crippen LogP contribution is -2.05. The Kier molecular flexibility index (Phi) is 3.32.